The molecule has 1 aliphatic carbocycles. The van der Waals surface area contributed by atoms with Gasteiger partial charge in [-0.05, 0) is 32.1 Å². The van der Waals surface area contributed by atoms with Crippen molar-refractivity contribution < 1.29 is 9.90 Å². The van der Waals surface area contributed by atoms with Crippen molar-refractivity contribution in [3.8, 4) is 0 Å². The Bertz CT molecular complexity index is 277. The van der Waals surface area contributed by atoms with Crippen molar-refractivity contribution in [1.82, 2.24) is 10.2 Å². The predicted molar refractivity (Wildman–Crippen MR) is 71.2 cm³/mol. The molecule has 1 unspecified atom stereocenters. The number of aliphatic hydroxyl groups excluding tert-OH is 1. The molecule has 104 valence electrons. The summed E-state index contributed by atoms with van der Waals surface area (Å²) >= 11 is 0. The maximum Gasteiger partial charge on any atom is 0.237 e. The lowest BCUT2D eigenvalue weighted by molar-refractivity contribution is -0.125. The molecule has 0 bridgehead atoms. The van der Waals surface area contributed by atoms with Crippen LogP contribution in [0.2, 0.25) is 0 Å². The van der Waals surface area contributed by atoms with Crippen LogP contribution < -0.4 is 5.32 Å². The molecule has 4 nitrogen and oxygen atoms in total. The van der Waals surface area contributed by atoms with Crippen molar-refractivity contribution in [2.75, 3.05) is 19.6 Å². The molecule has 1 heterocycles. The van der Waals surface area contributed by atoms with E-state index in [2.05, 4.69) is 10.2 Å². The summed E-state index contributed by atoms with van der Waals surface area (Å²) in [6.45, 7) is 4.24. The number of nitrogens with one attached hydrogen (secondary N) is 1. The van der Waals surface area contributed by atoms with Gasteiger partial charge < -0.3 is 10.4 Å². The number of β-amino-alcohol motifs (C(OH)–C–C–N with tert-alkyl or cyclic N) is 1. The van der Waals surface area contributed by atoms with Crippen LogP contribution in [0.1, 0.15) is 45.4 Å². The lowest BCUT2D eigenvalue weighted by Gasteiger charge is -2.26. The predicted octanol–water partition coefficient (Wildman–Crippen LogP) is 1.14. The standard InChI is InChI=1S/C14H26N2O2/c1-11(16-8-7-13(17)10-16)14(18)15-9-12-5-3-2-4-6-12/h11-13,17H,2-10H2,1H3,(H,15,18)/t11?,13-/m0/s1. The van der Waals surface area contributed by atoms with Crippen LogP contribution in [0.3, 0.4) is 0 Å². The molecule has 0 aromatic heterocycles. The lowest BCUT2D eigenvalue weighted by atomic mass is 9.89. The number of likely N-dealkylation sites (tertiary alicyclic amines) is 1. The van der Waals surface area contributed by atoms with Gasteiger partial charge in [0.2, 0.25) is 5.91 Å². The van der Waals surface area contributed by atoms with Crippen molar-refractivity contribution in [3.05, 3.63) is 0 Å². The molecule has 4 heteroatoms. The second-order valence-electron chi connectivity index (χ2n) is 5.86. The zero-order valence-corrected chi connectivity index (χ0v) is 11.4. The fourth-order valence-corrected chi connectivity index (χ4v) is 3.07. The Kier molecular flexibility index (Phi) is 5.01. The molecule has 0 radical (unpaired) electrons. The number of rotatable bonds is 4. The molecular weight excluding hydrogens is 228 g/mol. The molecule has 0 spiro atoms. The van der Waals surface area contributed by atoms with Crippen molar-refractivity contribution >= 4 is 5.91 Å². The smallest absolute Gasteiger partial charge is 0.237 e. The first-order valence-corrected chi connectivity index (χ1v) is 7.36. The third-order valence-corrected chi connectivity index (χ3v) is 4.41. The SMILES string of the molecule is CC(C(=O)NCC1CCCCC1)N1CC[C@H](O)C1. The van der Waals surface area contributed by atoms with Crippen LogP contribution in [0, 0.1) is 5.92 Å². The number of amides is 1. The Morgan fingerprint density at radius 3 is 2.67 bits per heavy atom. The van der Waals surface area contributed by atoms with Gasteiger partial charge in [-0.15, -0.1) is 0 Å². The van der Waals surface area contributed by atoms with Gasteiger partial charge in [-0.2, -0.15) is 0 Å². The summed E-state index contributed by atoms with van der Waals surface area (Å²) in [4.78, 5) is 14.1. The fraction of sp³-hybridized carbons (Fsp3) is 0.929. The first-order valence-electron chi connectivity index (χ1n) is 7.36. The van der Waals surface area contributed by atoms with Crippen LogP contribution in [0.4, 0.5) is 0 Å². The molecule has 1 amide bonds. The van der Waals surface area contributed by atoms with Crippen molar-refractivity contribution in [2.24, 2.45) is 5.92 Å². The number of carbonyl (C=O) groups excluding carboxylic acids is 1. The largest absolute Gasteiger partial charge is 0.392 e. The van der Waals surface area contributed by atoms with E-state index < -0.39 is 0 Å². The number of carbonyl (C=O) groups is 1. The fourth-order valence-electron chi connectivity index (χ4n) is 3.07. The summed E-state index contributed by atoms with van der Waals surface area (Å²) in [6.07, 6.45) is 7.04. The number of nitrogens with zero attached hydrogens (tertiary/aromatic N) is 1. The molecule has 2 aliphatic rings. The molecule has 2 rings (SSSR count). The van der Waals surface area contributed by atoms with E-state index in [9.17, 15) is 9.90 Å². The minimum Gasteiger partial charge on any atom is -0.392 e. The van der Waals surface area contributed by atoms with E-state index in [1.807, 2.05) is 6.92 Å². The summed E-state index contributed by atoms with van der Waals surface area (Å²) in [5.74, 6) is 0.800. The van der Waals surface area contributed by atoms with E-state index >= 15 is 0 Å². The van der Waals surface area contributed by atoms with E-state index in [0.717, 1.165) is 19.5 Å². The van der Waals surface area contributed by atoms with Gasteiger partial charge >= 0.3 is 0 Å². The Labute approximate surface area is 110 Å². The second kappa shape index (κ2) is 6.53. The van der Waals surface area contributed by atoms with Crippen LogP contribution in [-0.4, -0.2) is 47.7 Å². The van der Waals surface area contributed by atoms with E-state index in [0.29, 0.717) is 12.5 Å². The van der Waals surface area contributed by atoms with Gasteiger partial charge in [0.15, 0.2) is 0 Å². The molecule has 18 heavy (non-hydrogen) atoms. The molecule has 0 aromatic rings. The molecule has 2 atom stereocenters. The van der Waals surface area contributed by atoms with Crippen molar-refractivity contribution in [1.29, 1.82) is 0 Å². The number of hydrogen-bond acceptors (Lipinski definition) is 3. The highest BCUT2D eigenvalue weighted by atomic mass is 16.3. The zero-order chi connectivity index (χ0) is 13.0. The van der Waals surface area contributed by atoms with Crippen molar-refractivity contribution in [2.45, 2.75) is 57.6 Å². The van der Waals surface area contributed by atoms with E-state index in [-0.39, 0.29) is 18.1 Å². The Morgan fingerprint density at radius 1 is 1.33 bits per heavy atom. The molecule has 1 saturated carbocycles. The first kappa shape index (κ1) is 13.8. The Morgan fingerprint density at radius 2 is 2.06 bits per heavy atom. The summed E-state index contributed by atoms with van der Waals surface area (Å²) in [5, 5.41) is 12.6. The van der Waals surface area contributed by atoms with Gasteiger partial charge in [0.05, 0.1) is 12.1 Å². The van der Waals surface area contributed by atoms with Crippen molar-refractivity contribution in [3.63, 3.8) is 0 Å². The average molecular weight is 254 g/mol. The molecular formula is C14H26N2O2. The van der Waals surface area contributed by atoms with Crippen LogP contribution in [0.15, 0.2) is 0 Å². The van der Waals surface area contributed by atoms with Gasteiger partial charge in [-0.3, -0.25) is 9.69 Å². The lowest BCUT2D eigenvalue weighted by Crippen LogP contribution is -2.45. The zero-order valence-electron chi connectivity index (χ0n) is 11.4. The minimum absolute atomic E-state index is 0.106. The van der Waals surface area contributed by atoms with Gasteiger partial charge in [-0.25, -0.2) is 0 Å². The molecule has 0 aromatic carbocycles. The topological polar surface area (TPSA) is 52.6 Å². The molecule has 2 fully saturated rings. The third-order valence-electron chi connectivity index (χ3n) is 4.41. The molecule has 1 aliphatic heterocycles. The summed E-state index contributed by atoms with van der Waals surface area (Å²) in [5.41, 5.74) is 0. The summed E-state index contributed by atoms with van der Waals surface area (Å²) in [6, 6.07) is -0.106. The average Bonchev–Trinajstić information content (AvgIpc) is 2.83. The van der Waals surface area contributed by atoms with Crippen LogP contribution in [0.25, 0.3) is 0 Å². The quantitative estimate of drug-likeness (QED) is 0.791. The Hall–Kier alpha value is -0.610. The van der Waals surface area contributed by atoms with Gasteiger partial charge in [0.1, 0.15) is 0 Å². The van der Waals surface area contributed by atoms with Crippen LogP contribution in [0.5, 0.6) is 0 Å². The van der Waals surface area contributed by atoms with Crippen LogP contribution in [-0.2, 0) is 4.79 Å². The Balaban J connectivity index is 1.70. The monoisotopic (exact) mass is 254 g/mol. The third kappa shape index (κ3) is 3.69. The number of aliphatic hydroxyl groups is 1. The maximum absolute atomic E-state index is 12.0. The highest BCUT2D eigenvalue weighted by Crippen LogP contribution is 2.22. The van der Waals surface area contributed by atoms with Gasteiger partial charge in [0.25, 0.3) is 0 Å². The number of hydrogen-bond donors (Lipinski definition) is 2. The van der Waals surface area contributed by atoms with Gasteiger partial charge in [-0.1, -0.05) is 19.3 Å². The first-order chi connectivity index (χ1) is 8.66. The van der Waals surface area contributed by atoms with Crippen LogP contribution >= 0.6 is 0 Å². The molecule has 2 N–H and O–H groups in total. The van der Waals surface area contributed by atoms with E-state index in [1.165, 1.54) is 32.1 Å². The highest BCUT2D eigenvalue weighted by Gasteiger charge is 2.28. The second-order valence-corrected chi connectivity index (χ2v) is 5.86. The van der Waals surface area contributed by atoms with E-state index in [4.69, 9.17) is 0 Å². The van der Waals surface area contributed by atoms with Gasteiger partial charge in [0, 0.05) is 19.6 Å². The van der Waals surface area contributed by atoms with E-state index in [1.54, 1.807) is 0 Å². The molecule has 1 saturated heterocycles. The maximum atomic E-state index is 12.0. The normalized spacial score (nSPS) is 28.2. The minimum atomic E-state index is -0.251. The highest BCUT2D eigenvalue weighted by molar-refractivity contribution is 5.81. The summed E-state index contributed by atoms with van der Waals surface area (Å²) in [7, 11) is 0. The summed E-state index contributed by atoms with van der Waals surface area (Å²) < 4.78 is 0.